The molecule has 1 saturated heterocycles. The molecule has 0 aliphatic carbocycles. The highest BCUT2D eigenvalue weighted by Gasteiger charge is 2.21. The number of hydrogen-bond donors (Lipinski definition) is 3. The molecule has 1 atom stereocenters. The predicted octanol–water partition coefficient (Wildman–Crippen LogP) is -0.451. The summed E-state index contributed by atoms with van der Waals surface area (Å²) >= 11 is 0. The van der Waals surface area contributed by atoms with Gasteiger partial charge in [-0.2, -0.15) is 5.10 Å². The van der Waals surface area contributed by atoms with Crippen molar-refractivity contribution in [3.63, 3.8) is 0 Å². The molecule has 1 heterocycles. The molecule has 0 amide bonds. The molecule has 0 aromatic carbocycles. The third-order valence-electron chi connectivity index (χ3n) is 2.05. The van der Waals surface area contributed by atoms with E-state index in [4.69, 9.17) is 11.1 Å². The number of hydrogen-bond acceptors (Lipinski definition) is 3. The monoisotopic (exact) mass is 169 g/mol. The lowest BCUT2D eigenvalue weighted by atomic mass is 10.2. The molecule has 0 aromatic rings. The van der Waals surface area contributed by atoms with Crippen molar-refractivity contribution in [3.8, 4) is 0 Å². The van der Waals surface area contributed by atoms with Crippen molar-refractivity contribution in [2.45, 2.75) is 19.4 Å². The number of nitrogens with zero attached hydrogens (tertiary/aromatic N) is 2. The first-order chi connectivity index (χ1) is 5.59. The summed E-state index contributed by atoms with van der Waals surface area (Å²) < 4.78 is 0. The van der Waals surface area contributed by atoms with Gasteiger partial charge in [-0.25, -0.2) is 5.43 Å². The lowest BCUT2D eigenvalue weighted by Gasteiger charge is -2.11. The van der Waals surface area contributed by atoms with Gasteiger partial charge in [0.2, 0.25) is 5.96 Å². The van der Waals surface area contributed by atoms with E-state index in [2.05, 4.69) is 29.4 Å². The van der Waals surface area contributed by atoms with Gasteiger partial charge in [-0.15, -0.1) is 0 Å². The summed E-state index contributed by atoms with van der Waals surface area (Å²) in [5.41, 5.74) is 8.60. The highest BCUT2D eigenvalue weighted by molar-refractivity contribution is 5.89. The maximum absolute atomic E-state index is 6.90. The molecule has 0 spiro atoms. The second-order valence-corrected chi connectivity index (χ2v) is 3.17. The van der Waals surface area contributed by atoms with Crippen molar-refractivity contribution in [1.82, 2.24) is 10.3 Å². The van der Waals surface area contributed by atoms with Crippen LogP contribution in [0.15, 0.2) is 5.10 Å². The van der Waals surface area contributed by atoms with Gasteiger partial charge in [0.1, 0.15) is 0 Å². The van der Waals surface area contributed by atoms with Crippen LogP contribution < -0.4 is 11.2 Å². The van der Waals surface area contributed by atoms with Crippen LogP contribution in [-0.2, 0) is 0 Å². The Morgan fingerprint density at radius 3 is 2.92 bits per heavy atom. The van der Waals surface area contributed by atoms with Gasteiger partial charge >= 0.3 is 0 Å². The first kappa shape index (κ1) is 8.99. The number of nitrogens with two attached hydrogens (primary N) is 1. The minimum atomic E-state index is -0.107. The Balaban J connectivity index is 2.45. The first-order valence-corrected chi connectivity index (χ1v) is 3.95. The van der Waals surface area contributed by atoms with Gasteiger partial charge in [-0.1, -0.05) is 0 Å². The summed E-state index contributed by atoms with van der Waals surface area (Å²) in [6, 6.07) is 0.539. The molecule has 1 aliphatic heterocycles. The van der Waals surface area contributed by atoms with E-state index in [1.54, 1.807) is 0 Å². The van der Waals surface area contributed by atoms with E-state index in [0.29, 0.717) is 6.04 Å². The minimum absolute atomic E-state index is 0.107. The number of likely N-dealkylation sites (tertiary alicyclic amines) is 1. The molecule has 0 aromatic heterocycles. The van der Waals surface area contributed by atoms with E-state index < -0.39 is 0 Å². The Hall–Kier alpha value is -1.10. The molecule has 1 aliphatic rings. The van der Waals surface area contributed by atoms with Crippen LogP contribution in [0.4, 0.5) is 0 Å². The fourth-order valence-corrected chi connectivity index (χ4v) is 1.23. The second kappa shape index (κ2) is 3.53. The second-order valence-electron chi connectivity index (χ2n) is 3.17. The van der Waals surface area contributed by atoms with E-state index in [1.807, 2.05) is 0 Å². The lowest BCUT2D eigenvalue weighted by Crippen LogP contribution is -2.27. The highest BCUT2D eigenvalue weighted by Crippen LogP contribution is 2.11. The zero-order valence-electron chi connectivity index (χ0n) is 7.46. The molecule has 68 valence electrons. The van der Waals surface area contributed by atoms with Crippen molar-refractivity contribution in [2.24, 2.45) is 10.8 Å². The van der Waals surface area contributed by atoms with Gasteiger partial charge in [0.25, 0.3) is 0 Å². The van der Waals surface area contributed by atoms with E-state index >= 15 is 0 Å². The molecular weight excluding hydrogens is 154 g/mol. The van der Waals surface area contributed by atoms with Crippen LogP contribution in [0.5, 0.6) is 0 Å². The average Bonchev–Trinajstić information content (AvgIpc) is 2.28. The number of hydrazone groups is 1. The molecule has 5 heteroatoms. The Morgan fingerprint density at radius 1 is 1.83 bits per heavy atom. The quantitative estimate of drug-likeness (QED) is 0.282. The van der Waals surface area contributed by atoms with Crippen LogP contribution in [0.25, 0.3) is 0 Å². The van der Waals surface area contributed by atoms with Gasteiger partial charge in [-0.05, 0) is 14.0 Å². The van der Waals surface area contributed by atoms with Crippen molar-refractivity contribution in [2.75, 3.05) is 13.6 Å². The largest absolute Gasteiger partial charge is 0.369 e. The van der Waals surface area contributed by atoms with Gasteiger partial charge in [0.05, 0.1) is 5.71 Å². The van der Waals surface area contributed by atoms with Crippen LogP contribution in [-0.4, -0.2) is 36.2 Å². The van der Waals surface area contributed by atoms with Crippen LogP contribution in [0.1, 0.15) is 13.3 Å². The third kappa shape index (κ3) is 2.20. The lowest BCUT2D eigenvalue weighted by molar-refractivity contribution is 0.333. The van der Waals surface area contributed by atoms with Gasteiger partial charge in [0.15, 0.2) is 0 Å². The standard InChI is InChI=1S/C7H15N5/c1-5-3-6(4-12(5)2)10-11-7(8)9/h5H,3-4H2,1-2H3,(H4,8,9,11). The van der Waals surface area contributed by atoms with E-state index in [1.165, 1.54) is 0 Å². The molecule has 1 fully saturated rings. The molecular formula is C7H15N5. The number of nitrogens with one attached hydrogen (secondary N) is 2. The molecule has 0 bridgehead atoms. The molecule has 1 rings (SSSR count). The van der Waals surface area contributed by atoms with Crippen LogP contribution in [0.2, 0.25) is 0 Å². The van der Waals surface area contributed by atoms with Crippen LogP contribution in [0, 0.1) is 5.41 Å². The summed E-state index contributed by atoms with van der Waals surface area (Å²) in [5, 5.41) is 10.9. The SMILES string of the molecule is CC1CC(=NNC(=N)N)CN1C. The summed E-state index contributed by atoms with van der Waals surface area (Å²) in [5.74, 6) is -0.107. The minimum Gasteiger partial charge on any atom is -0.369 e. The summed E-state index contributed by atoms with van der Waals surface area (Å²) in [4.78, 5) is 2.21. The smallest absolute Gasteiger partial charge is 0.206 e. The molecule has 5 nitrogen and oxygen atoms in total. The van der Waals surface area contributed by atoms with E-state index in [-0.39, 0.29) is 5.96 Å². The van der Waals surface area contributed by atoms with Crippen molar-refractivity contribution < 1.29 is 0 Å². The maximum atomic E-state index is 6.90. The van der Waals surface area contributed by atoms with Crippen molar-refractivity contribution in [3.05, 3.63) is 0 Å². The molecule has 0 saturated carbocycles. The zero-order valence-corrected chi connectivity index (χ0v) is 7.46. The molecule has 4 N–H and O–H groups in total. The van der Waals surface area contributed by atoms with Crippen LogP contribution in [0.3, 0.4) is 0 Å². The zero-order chi connectivity index (χ0) is 9.14. The fourth-order valence-electron chi connectivity index (χ4n) is 1.23. The summed E-state index contributed by atoms with van der Waals surface area (Å²) in [6.07, 6.45) is 0.955. The van der Waals surface area contributed by atoms with E-state index in [9.17, 15) is 0 Å². The topological polar surface area (TPSA) is 77.5 Å². The van der Waals surface area contributed by atoms with Gasteiger partial charge < -0.3 is 5.73 Å². The van der Waals surface area contributed by atoms with Crippen LogP contribution >= 0.6 is 0 Å². The Morgan fingerprint density at radius 2 is 2.50 bits per heavy atom. The summed E-state index contributed by atoms with van der Waals surface area (Å²) in [6.45, 7) is 3.01. The van der Waals surface area contributed by atoms with Crippen molar-refractivity contribution >= 4 is 11.7 Å². The number of rotatable bonds is 1. The molecule has 0 radical (unpaired) electrons. The Labute approximate surface area is 72.1 Å². The predicted molar refractivity (Wildman–Crippen MR) is 49.2 cm³/mol. The third-order valence-corrected chi connectivity index (χ3v) is 2.05. The highest BCUT2D eigenvalue weighted by atomic mass is 15.4. The average molecular weight is 169 g/mol. The van der Waals surface area contributed by atoms with Crippen molar-refractivity contribution in [1.29, 1.82) is 5.41 Å². The summed E-state index contributed by atoms with van der Waals surface area (Å²) in [7, 11) is 2.06. The fraction of sp³-hybridized carbons (Fsp3) is 0.714. The van der Waals surface area contributed by atoms with Gasteiger partial charge in [0, 0.05) is 19.0 Å². The van der Waals surface area contributed by atoms with E-state index in [0.717, 1.165) is 18.7 Å². The Kier molecular flexibility index (Phi) is 2.65. The Bertz CT molecular complexity index is 198. The molecule has 12 heavy (non-hydrogen) atoms. The number of guanidine groups is 1. The maximum Gasteiger partial charge on any atom is 0.206 e. The first-order valence-electron chi connectivity index (χ1n) is 3.95. The molecule has 1 unspecified atom stereocenters. The van der Waals surface area contributed by atoms with Gasteiger partial charge in [-0.3, -0.25) is 10.3 Å². The normalized spacial score (nSPS) is 27.8.